The molecule has 2 aliphatic rings. The SMILES string of the molecule is CN1C=CC2=C(C1)C(Cl)N=C(Cl)C2. The fraction of sp³-hybridized carbons (Fsp3) is 0.444. The Bertz CT molecular complexity index is 318. The largest absolute Gasteiger partial charge is 0.376 e. The van der Waals surface area contributed by atoms with Gasteiger partial charge in [-0.2, -0.15) is 0 Å². The van der Waals surface area contributed by atoms with Crippen LogP contribution in [0.2, 0.25) is 0 Å². The molecule has 2 heterocycles. The smallest absolute Gasteiger partial charge is 0.148 e. The maximum atomic E-state index is 6.06. The van der Waals surface area contributed by atoms with E-state index in [0.717, 1.165) is 13.0 Å². The van der Waals surface area contributed by atoms with Crippen molar-refractivity contribution in [1.82, 2.24) is 4.90 Å². The standard InChI is InChI=1S/C9H10Cl2N2/c1-13-3-2-6-4-8(10)12-9(11)7(6)5-13/h2-3,9H,4-5H2,1H3. The van der Waals surface area contributed by atoms with E-state index in [-0.39, 0.29) is 5.50 Å². The number of nitrogens with zero attached hydrogens (tertiary/aromatic N) is 2. The number of likely N-dealkylation sites (N-methyl/N-ethyl adjacent to an activating group) is 1. The van der Waals surface area contributed by atoms with Crippen LogP contribution in [0.1, 0.15) is 6.42 Å². The van der Waals surface area contributed by atoms with E-state index in [0.29, 0.717) is 5.17 Å². The third kappa shape index (κ3) is 1.74. The van der Waals surface area contributed by atoms with Crippen LogP contribution in [0.3, 0.4) is 0 Å². The van der Waals surface area contributed by atoms with Crippen molar-refractivity contribution in [2.75, 3.05) is 13.6 Å². The van der Waals surface area contributed by atoms with Crippen molar-refractivity contribution in [3.05, 3.63) is 23.4 Å². The highest BCUT2D eigenvalue weighted by Gasteiger charge is 2.23. The second-order valence-electron chi connectivity index (χ2n) is 3.30. The van der Waals surface area contributed by atoms with Gasteiger partial charge < -0.3 is 4.90 Å². The molecule has 2 nitrogen and oxygen atoms in total. The normalized spacial score (nSPS) is 27.5. The Morgan fingerprint density at radius 2 is 2.38 bits per heavy atom. The molecule has 2 rings (SSSR count). The first-order valence-electron chi connectivity index (χ1n) is 4.13. The molecule has 0 N–H and O–H groups in total. The summed E-state index contributed by atoms with van der Waals surface area (Å²) in [5.74, 6) is 0. The minimum Gasteiger partial charge on any atom is -0.376 e. The topological polar surface area (TPSA) is 15.6 Å². The summed E-state index contributed by atoms with van der Waals surface area (Å²) in [6.45, 7) is 0.855. The third-order valence-electron chi connectivity index (χ3n) is 2.24. The summed E-state index contributed by atoms with van der Waals surface area (Å²) < 4.78 is 0. The molecule has 2 aliphatic heterocycles. The molecule has 0 radical (unpaired) electrons. The predicted octanol–water partition coefficient (Wildman–Crippen LogP) is 2.35. The van der Waals surface area contributed by atoms with E-state index in [1.807, 2.05) is 13.2 Å². The van der Waals surface area contributed by atoms with Crippen molar-refractivity contribution in [2.24, 2.45) is 4.99 Å². The van der Waals surface area contributed by atoms with Crippen molar-refractivity contribution >= 4 is 28.4 Å². The molecule has 0 spiro atoms. The van der Waals surface area contributed by atoms with Crippen molar-refractivity contribution in [3.8, 4) is 0 Å². The monoisotopic (exact) mass is 216 g/mol. The lowest BCUT2D eigenvalue weighted by Crippen LogP contribution is -2.26. The summed E-state index contributed by atoms with van der Waals surface area (Å²) in [6.07, 6.45) is 4.83. The number of rotatable bonds is 0. The first kappa shape index (κ1) is 9.10. The van der Waals surface area contributed by atoms with Crippen LogP contribution in [0.4, 0.5) is 0 Å². The van der Waals surface area contributed by atoms with Crippen LogP contribution in [0.15, 0.2) is 28.4 Å². The zero-order valence-electron chi connectivity index (χ0n) is 7.30. The number of aliphatic imine (C=N–C) groups is 1. The molecule has 0 aromatic rings. The van der Waals surface area contributed by atoms with Crippen LogP contribution in [0, 0.1) is 0 Å². The quantitative estimate of drug-likeness (QED) is 0.449. The number of hydrogen-bond donors (Lipinski definition) is 0. The third-order valence-corrected chi connectivity index (χ3v) is 2.83. The van der Waals surface area contributed by atoms with Crippen LogP contribution in [-0.4, -0.2) is 29.2 Å². The highest BCUT2D eigenvalue weighted by molar-refractivity contribution is 6.66. The van der Waals surface area contributed by atoms with Crippen LogP contribution in [0.5, 0.6) is 0 Å². The summed E-state index contributed by atoms with van der Waals surface area (Å²) in [6, 6.07) is 0. The lowest BCUT2D eigenvalue weighted by Gasteiger charge is -2.27. The summed E-state index contributed by atoms with van der Waals surface area (Å²) in [5.41, 5.74) is 2.12. The number of hydrogen-bond acceptors (Lipinski definition) is 2. The average Bonchev–Trinajstić information content (AvgIpc) is 2.06. The summed E-state index contributed by atoms with van der Waals surface area (Å²) >= 11 is 11.9. The Morgan fingerprint density at radius 1 is 1.62 bits per heavy atom. The van der Waals surface area contributed by atoms with Crippen molar-refractivity contribution < 1.29 is 0 Å². The highest BCUT2D eigenvalue weighted by Crippen LogP contribution is 2.29. The Kier molecular flexibility index (Phi) is 2.35. The minimum absolute atomic E-state index is 0.274. The van der Waals surface area contributed by atoms with E-state index >= 15 is 0 Å². The zero-order chi connectivity index (χ0) is 9.42. The molecular formula is C9H10Cl2N2. The van der Waals surface area contributed by atoms with Gasteiger partial charge in [0.2, 0.25) is 0 Å². The van der Waals surface area contributed by atoms with E-state index in [4.69, 9.17) is 23.2 Å². The van der Waals surface area contributed by atoms with Gasteiger partial charge in [0.1, 0.15) is 10.7 Å². The zero-order valence-corrected chi connectivity index (χ0v) is 8.81. The van der Waals surface area contributed by atoms with Gasteiger partial charge >= 0.3 is 0 Å². The van der Waals surface area contributed by atoms with Gasteiger partial charge in [-0.15, -0.1) is 0 Å². The van der Waals surface area contributed by atoms with E-state index in [9.17, 15) is 0 Å². The molecule has 1 unspecified atom stereocenters. The van der Waals surface area contributed by atoms with E-state index in [1.54, 1.807) is 0 Å². The molecule has 0 saturated heterocycles. The fourth-order valence-corrected chi connectivity index (χ4v) is 2.17. The molecule has 0 aliphatic carbocycles. The van der Waals surface area contributed by atoms with Crippen LogP contribution in [-0.2, 0) is 0 Å². The van der Waals surface area contributed by atoms with Gasteiger partial charge in [0.15, 0.2) is 0 Å². The van der Waals surface area contributed by atoms with Crippen molar-refractivity contribution in [2.45, 2.75) is 11.9 Å². The maximum Gasteiger partial charge on any atom is 0.148 e. The van der Waals surface area contributed by atoms with Gasteiger partial charge in [-0.25, -0.2) is 0 Å². The lowest BCUT2D eigenvalue weighted by atomic mass is 10.00. The Hall–Kier alpha value is -0.470. The van der Waals surface area contributed by atoms with Crippen LogP contribution in [0.25, 0.3) is 0 Å². The molecular weight excluding hydrogens is 207 g/mol. The fourth-order valence-electron chi connectivity index (χ4n) is 1.55. The van der Waals surface area contributed by atoms with Crippen LogP contribution < -0.4 is 0 Å². The maximum absolute atomic E-state index is 6.06. The van der Waals surface area contributed by atoms with Gasteiger partial charge in [-0.05, 0) is 23.4 Å². The number of halogens is 2. The molecule has 4 heteroatoms. The molecule has 1 atom stereocenters. The minimum atomic E-state index is -0.274. The lowest BCUT2D eigenvalue weighted by molar-refractivity contribution is 0.479. The molecule has 0 bridgehead atoms. The van der Waals surface area contributed by atoms with Crippen molar-refractivity contribution in [1.29, 1.82) is 0 Å². The summed E-state index contributed by atoms with van der Waals surface area (Å²) in [7, 11) is 2.02. The number of allylic oxidation sites excluding steroid dienone is 2. The second kappa shape index (κ2) is 3.35. The second-order valence-corrected chi connectivity index (χ2v) is 4.15. The van der Waals surface area contributed by atoms with Gasteiger partial charge in [0, 0.05) is 20.0 Å². The molecule has 0 fully saturated rings. The Morgan fingerprint density at radius 3 is 3.15 bits per heavy atom. The molecule has 0 aromatic heterocycles. The number of alkyl halides is 1. The summed E-state index contributed by atoms with van der Waals surface area (Å²) in [5, 5.41) is 0.605. The first-order valence-corrected chi connectivity index (χ1v) is 4.95. The molecule has 0 saturated carbocycles. The number of dihydropyridines is 1. The molecule has 0 aromatic carbocycles. The molecule has 0 amide bonds. The van der Waals surface area contributed by atoms with E-state index in [2.05, 4.69) is 16.0 Å². The molecule has 13 heavy (non-hydrogen) atoms. The Labute approximate surface area is 87.5 Å². The van der Waals surface area contributed by atoms with Crippen LogP contribution >= 0.6 is 23.2 Å². The Balaban J connectivity index is 2.29. The molecule has 70 valence electrons. The first-order chi connectivity index (χ1) is 6.16. The van der Waals surface area contributed by atoms with E-state index in [1.165, 1.54) is 11.1 Å². The van der Waals surface area contributed by atoms with Gasteiger partial charge in [0.05, 0.1) is 0 Å². The predicted molar refractivity (Wildman–Crippen MR) is 56.3 cm³/mol. The highest BCUT2D eigenvalue weighted by atomic mass is 35.5. The average molecular weight is 217 g/mol. The summed E-state index contributed by atoms with van der Waals surface area (Å²) in [4.78, 5) is 6.22. The van der Waals surface area contributed by atoms with Gasteiger partial charge in [0.25, 0.3) is 0 Å². The van der Waals surface area contributed by atoms with Gasteiger partial charge in [-0.1, -0.05) is 23.2 Å². The van der Waals surface area contributed by atoms with Crippen molar-refractivity contribution in [3.63, 3.8) is 0 Å². The van der Waals surface area contributed by atoms with E-state index < -0.39 is 0 Å². The van der Waals surface area contributed by atoms with Gasteiger partial charge in [-0.3, -0.25) is 4.99 Å².